The van der Waals surface area contributed by atoms with E-state index in [0.717, 1.165) is 40.4 Å². The van der Waals surface area contributed by atoms with Crippen LogP contribution in [0.15, 0.2) is 12.1 Å². The summed E-state index contributed by atoms with van der Waals surface area (Å²) in [6.07, 6.45) is 2.83. The molecule has 0 bridgehead atoms. The number of urea groups is 1. The van der Waals surface area contributed by atoms with Gasteiger partial charge >= 0.3 is 6.03 Å². The van der Waals surface area contributed by atoms with Crippen molar-refractivity contribution in [3.8, 4) is 5.75 Å². The smallest absolute Gasteiger partial charge is 0.324 e. The van der Waals surface area contributed by atoms with Crippen molar-refractivity contribution in [2.75, 3.05) is 18.6 Å². The molecule has 1 saturated carbocycles. The lowest BCUT2D eigenvalue weighted by Gasteiger charge is -2.19. The molecule has 1 saturated heterocycles. The molecule has 6 nitrogen and oxygen atoms in total. The van der Waals surface area contributed by atoms with E-state index in [4.69, 9.17) is 14.5 Å². The molecule has 3 atom stereocenters. The minimum Gasteiger partial charge on any atom is -0.493 e. The average Bonchev–Trinajstić information content (AvgIpc) is 3.26. The van der Waals surface area contributed by atoms with Gasteiger partial charge in [0.1, 0.15) is 5.75 Å². The summed E-state index contributed by atoms with van der Waals surface area (Å²) < 4.78 is 12.2. The van der Waals surface area contributed by atoms with E-state index in [2.05, 4.69) is 5.32 Å². The summed E-state index contributed by atoms with van der Waals surface area (Å²) in [7, 11) is 1.73. The summed E-state index contributed by atoms with van der Waals surface area (Å²) in [4.78, 5) is 19.0. The zero-order valence-corrected chi connectivity index (χ0v) is 13.6. The van der Waals surface area contributed by atoms with Gasteiger partial charge in [-0.2, -0.15) is 0 Å². The topological polar surface area (TPSA) is 63.7 Å². The van der Waals surface area contributed by atoms with Crippen molar-refractivity contribution in [1.82, 2.24) is 10.3 Å². The van der Waals surface area contributed by atoms with Crippen molar-refractivity contribution >= 4 is 32.7 Å². The molecule has 1 aromatic heterocycles. The summed E-state index contributed by atoms with van der Waals surface area (Å²) in [5.41, 5.74) is 2.15. The number of nitrogens with one attached hydrogen (secondary N) is 1. The molecule has 1 aromatic carbocycles. The molecule has 2 aromatic rings. The monoisotopic (exact) mass is 331 g/mol. The molecule has 3 aliphatic rings. The number of aromatic nitrogens is 1. The van der Waals surface area contributed by atoms with E-state index in [-0.39, 0.29) is 24.2 Å². The van der Waals surface area contributed by atoms with Gasteiger partial charge in [-0.1, -0.05) is 11.3 Å². The number of carbonyl (C=O) groups is 1. The lowest BCUT2D eigenvalue weighted by atomic mass is 10.1. The molecule has 0 unspecified atom stereocenters. The van der Waals surface area contributed by atoms with Gasteiger partial charge in [0.2, 0.25) is 0 Å². The highest BCUT2D eigenvalue weighted by Gasteiger charge is 2.48. The molecular formula is C16H17N3O3S. The summed E-state index contributed by atoms with van der Waals surface area (Å²) in [6, 6.07) is 4.31. The minimum absolute atomic E-state index is 0.0403. The average molecular weight is 331 g/mol. The van der Waals surface area contributed by atoms with Gasteiger partial charge in [-0.05, 0) is 25.0 Å². The molecule has 7 heteroatoms. The van der Waals surface area contributed by atoms with Crippen molar-refractivity contribution in [2.45, 2.75) is 37.5 Å². The van der Waals surface area contributed by atoms with Crippen LogP contribution < -0.4 is 15.0 Å². The highest BCUT2D eigenvalue weighted by molar-refractivity contribution is 7.22. The molecule has 2 amide bonds. The van der Waals surface area contributed by atoms with Gasteiger partial charge in [-0.25, -0.2) is 9.78 Å². The number of hydrogen-bond acceptors (Lipinski definition) is 5. The molecule has 0 spiro atoms. The normalized spacial score (nSPS) is 28.8. The molecular weight excluding hydrogens is 314 g/mol. The van der Waals surface area contributed by atoms with Gasteiger partial charge in [0, 0.05) is 19.1 Å². The van der Waals surface area contributed by atoms with E-state index in [1.165, 1.54) is 5.56 Å². The van der Waals surface area contributed by atoms with Crippen LogP contribution in [-0.4, -0.2) is 42.9 Å². The number of anilines is 1. The molecule has 2 fully saturated rings. The second kappa shape index (κ2) is 4.82. The predicted octanol–water partition coefficient (Wildman–Crippen LogP) is 2.31. The number of benzene rings is 1. The number of ether oxygens (including phenoxy) is 2. The first-order valence-corrected chi connectivity index (χ1v) is 8.74. The van der Waals surface area contributed by atoms with Crippen LogP contribution in [0.4, 0.5) is 9.93 Å². The fraction of sp³-hybridized carbons (Fsp3) is 0.500. The summed E-state index contributed by atoms with van der Waals surface area (Å²) >= 11 is 1.58. The van der Waals surface area contributed by atoms with Crippen molar-refractivity contribution < 1.29 is 14.3 Å². The quantitative estimate of drug-likeness (QED) is 0.917. The first kappa shape index (κ1) is 13.6. The summed E-state index contributed by atoms with van der Waals surface area (Å²) in [5, 5.41) is 3.85. The molecule has 0 radical (unpaired) electrons. The maximum atomic E-state index is 12.4. The zero-order chi connectivity index (χ0) is 15.6. The third-order valence-electron chi connectivity index (χ3n) is 5.11. The maximum Gasteiger partial charge on any atom is 0.324 e. The van der Waals surface area contributed by atoms with Gasteiger partial charge < -0.3 is 14.8 Å². The van der Waals surface area contributed by atoms with Crippen molar-refractivity contribution in [2.24, 2.45) is 0 Å². The lowest BCUT2D eigenvalue weighted by molar-refractivity contribution is 0.105. The Kier molecular flexibility index (Phi) is 2.84. The van der Waals surface area contributed by atoms with Gasteiger partial charge in [0.05, 0.1) is 35.0 Å². The van der Waals surface area contributed by atoms with Crippen LogP contribution in [0.3, 0.4) is 0 Å². The Morgan fingerprint density at radius 3 is 3.22 bits per heavy atom. The van der Waals surface area contributed by atoms with Gasteiger partial charge in [0.15, 0.2) is 5.13 Å². The van der Waals surface area contributed by atoms with Gasteiger partial charge in [-0.3, -0.25) is 4.90 Å². The van der Waals surface area contributed by atoms with Crippen LogP contribution in [0, 0.1) is 0 Å². The van der Waals surface area contributed by atoms with Crippen LogP contribution in [-0.2, 0) is 11.2 Å². The highest BCUT2D eigenvalue weighted by atomic mass is 32.1. The third kappa shape index (κ3) is 1.89. The van der Waals surface area contributed by atoms with E-state index >= 15 is 0 Å². The highest BCUT2D eigenvalue weighted by Crippen LogP contribution is 2.41. The fourth-order valence-electron chi connectivity index (χ4n) is 3.97. The van der Waals surface area contributed by atoms with Crippen LogP contribution in [0.25, 0.3) is 10.2 Å². The first-order chi connectivity index (χ1) is 11.2. The molecule has 2 aliphatic heterocycles. The Morgan fingerprint density at radius 2 is 2.35 bits per heavy atom. The van der Waals surface area contributed by atoms with Crippen molar-refractivity contribution in [3.63, 3.8) is 0 Å². The summed E-state index contributed by atoms with van der Waals surface area (Å²) in [5.74, 6) is 0.929. The Bertz CT molecular complexity index is 805. The number of fused-ring (bicyclic) bond motifs is 4. The van der Waals surface area contributed by atoms with Crippen LogP contribution in [0.2, 0.25) is 0 Å². The lowest BCUT2D eigenvalue weighted by Crippen LogP contribution is -2.34. The van der Waals surface area contributed by atoms with Gasteiger partial charge in [-0.15, -0.1) is 0 Å². The molecule has 5 rings (SSSR count). The number of nitrogens with zero attached hydrogens (tertiary/aromatic N) is 2. The van der Waals surface area contributed by atoms with E-state index in [1.54, 1.807) is 18.4 Å². The van der Waals surface area contributed by atoms with E-state index in [0.29, 0.717) is 6.61 Å². The maximum absolute atomic E-state index is 12.4. The first-order valence-electron chi connectivity index (χ1n) is 7.92. The minimum atomic E-state index is -0.0403. The van der Waals surface area contributed by atoms with Crippen LogP contribution >= 0.6 is 11.3 Å². The molecule has 1 N–H and O–H groups in total. The third-order valence-corrected chi connectivity index (χ3v) is 6.13. The number of hydrogen-bond donors (Lipinski definition) is 1. The van der Waals surface area contributed by atoms with E-state index in [9.17, 15) is 4.79 Å². The Hall–Kier alpha value is -1.86. The van der Waals surface area contributed by atoms with E-state index < -0.39 is 0 Å². The fourth-order valence-corrected chi connectivity index (χ4v) is 5.02. The molecule has 23 heavy (non-hydrogen) atoms. The number of methoxy groups -OCH3 is 1. The Balaban J connectivity index is 1.56. The Morgan fingerprint density at radius 1 is 1.43 bits per heavy atom. The largest absolute Gasteiger partial charge is 0.493 e. The number of rotatable bonds is 2. The molecule has 120 valence electrons. The summed E-state index contributed by atoms with van der Waals surface area (Å²) in [6.45, 7) is 0.714. The Labute approximate surface area is 137 Å². The number of carbonyl (C=O) groups excluding carboxylic acids is 1. The van der Waals surface area contributed by atoms with Crippen LogP contribution in [0.5, 0.6) is 5.75 Å². The second-order valence-electron chi connectivity index (χ2n) is 6.31. The standard InChI is InChI=1S/C16H17N3O3S/c1-21-8-6-10-11(7-8)19(15(20)17-10)16-18-14-9-4-5-22-12(9)2-3-13(14)23-16/h2-3,8,10-11H,4-7H2,1H3,(H,17,20)/t8-,10+,11-/m0/s1. The van der Waals surface area contributed by atoms with Crippen molar-refractivity contribution in [3.05, 3.63) is 17.7 Å². The van der Waals surface area contributed by atoms with Gasteiger partial charge in [0.25, 0.3) is 0 Å². The van der Waals surface area contributed by atoms with Crippen LogP contribution in [0.1, 0.15) is 18.4 Å². The molecule has 1 aliphatic carbocycles. The number of amides is 2. The zero-order valence-electron chi connectivity index (χ0n) is 12.7. The SMILES string of the molecule is CO[C@H]1C[C@H]2NC(=O)N(c3nc4c5c(ccc4s3)OCC5)[C@H]2C1. The van der Waals surface area contributed by atoms with E-state index in [1.807, 2.05) is 17.0 Å². The molecule has 3 heterocycles. The number of thiazole rings is 1. The second-order valence-corrected chi connectivity index (χ2v) is 7.32. The predicted molar refractivity (Wildman–Crippen MR) is 87.4 cm³/mol. The van der Waals surface area contributed by atoms with Crippen molar-refractivity contribution in [1.29, 1.82) is 0 Å².